The molecular weight excluding hydrogens is 162 g/mol. The van der Waals surface area contributed by atoms with Crippen LogP contribution in [0.15, 0.2) is 42.5 Å². The maximum atomic E-state index is 6.12. The number of allylic oxidation sites excluding steroid dienone is 1. The molecule has 0 spiro atoms. The quantitative estimate of drug-likeness (QED) is 0.523. The lowest BCUT2D eigenvalue weighted by molar-refractivity contribution is 0.807. The Balaban J connectivity index is 2.97. The van der Waals surface area contributed by atoms with Crippen LogP contribution in [0.2, 0.25) is 0 Å². The third kappa shape index (κ3) is 2.06. The van der Waals surface area contributed by atoms with Crippen LogP contribution in [-0.2, 0) is 5.16 Å². The second-order valence-electron chi connectivity index (χ2n) is 3.15. The molecular formula is C10H15NSi. The van der Waals surface area contributed by atoms with Crippen molar-refractivity contribution in [3.05, 3.63) is 48.0 Å². The van der Waals surface area contributed by atoms with E-state index in [0.717, 1.165) is 10.2 Å². The first-order valence-electron chi connectivity index (χ1n) is 4.15. The van der Waals surface area contributed by atoms with Gasteiger partial charge in [0.1, 0.15) is 0 Å². The molecule has 0 saturated carbocycles. The highest BCUT2D eigenvalue weighted by Crippen LogP contribution is 2.14. The van der Waals surface area contributed by atoms with E-state index in [4.69, 9.17) is 5.73 Å². The van der Waals surface area contributed by atoms with Gasteiger partial charge in [-0.3, -0.25) is 0 Å². The van der Waals surface area contributed by atoms with Crippen molar-refractivity contribution in [2.45, 2.75) is 12.1 Å². The summed E-state index contributed by atoms with van der Waals surface area (Å²) in [5.41, 5.74) is 7.33. The average molecular weight is 177 g/mol. The second-order valence-corrected chi connectivity index (χ2v) is 4.80. The number of nitrogens with two attached hydrogens (primary N) is 1. The highest BCUT2D eigenvalue weighted by molar-refractivity contribution is 6.16. The Morgan fingerprint density at radius 2 is 1.92 bits per heavy atom. The molecule has 1 unspecified atom stereocenters. The Labute approximate surface area is 76.7 Å². The molecule has 1 atom stereocenters. The zero-order chi connectivity index (χ0) is 9.03. The van der Waals surface area contributed by atoms with Crippen molar-refractivity contribution in [3.63, 3.8) is 0 Å². The predicted molar refractivity (Wildman–Crippen MR) is 57.1 cm³/mol. The summed E-state index contributed by atoms with van der Waals surface area (Å²) in [6.07, 6.45) is 4.08. The minimum atomic E-state index is -0.198. The molecule has 0 radical (unpaired) electrons. The molecule has 2 N–H and O–H groups in total. The molecule has 0 fully saturated rings. The summed E-state index contributed by atoms with van der Waals surface area (Å²) >= 11 is 0. The maximum Gasteiger partial charge on any atom is 0.0399 e. The molecule has 2 heteroatoms. The van der Waals surface area contributed by atoms with Gasteiger partial charge in [0.2, 0.25) is 0 Å². The molecule has 1 aromatic rings. The van der Waals surface area contributed by atoms with Gasteiger partial charge in [-0.25, -0.2) is 0 Å². The molecule has 0 aliphatic carbocycles. The summed E-state index contributed by atoms with van der Waals surface area (Å²) in [6.45, 7) is 2.00. The number of rotatable bonds is 2. The van der Waals surface area contributed by atoms with Crippen molar-refractivity contribution in [2.24, 2.45) is 5.73 Å². The third-order valence-electron chi connectivity index (χ3n) is 1.91. The summed E-state index contributed by atoms with van der Waals surface area (Å²) in [4.78, 5) is 0. The van der Waals surface area contributed by atoms with E-state index in [2.05, 4.69) is 18.2 Å². The van der Waals surface area contributed by atoms with E-state index in [1.54, 1.807) is 0 Å². The van der Waals surface area contributed by atoms with E-state index in [1.165, 1.54) is 5.56 Å². The first kappa shape index (κ1) is 9.23. The number of hydrogen-bond acceptors (Lipinski definition) is 1. The van der Waals surface area contributed by atoms with Gasteiger partial charge in [0.25, 0.3) is 0 Å². The smallest absolute Gasteiger partial charge is 0.0399 e. The van der Waals surface area contributed by atoms with E-state index < -0.39 is 0 Å². The molecule has 0 aliphatic heterocycles. The van der Waals surface area contributed by atoms with Crippen molar-refractivity contribution in [1.82, 2.24) is 0 Å². The van der Waals surface area contributed by atoms with Gasteiger partial charge in [-0.1, -0.05) is 42.5 Å². The minimum Gasteiger partial charge on any atom is -0.322 e. The third-order valence-corrected chi connectivity index (χ3v) is 2.82. The Hall–Kier alpha value is -0.863. The highest BCUT2D eigenvalue weighted by Gasteiger charge is 2.15. The van der Waals surface area contributed by atoms with E-state index in [1.807, 2.05) is 31.2 Å². The van der Waals surface area contributed by atoms with Gasteiger partial charge in [0.15, 0.2) is 0 Å². The normalized spacial score (nSPS) is 16.5. The monoisotopic (exact) mass is 177 g/mol. The predicted octanol–water partition coefficient (Wildman–Crippen LogP) is 0.740. The van der Waals surface area contributed by atoms with Crippen molar-refractivity contribution in [2.75, 3.05) is 0 Å². The largest absolute Gasteiger partial charge is 0.322 e. The number of benzene rings is 1. The SMILES string of the molecule is CC=CC(N)([SiH3])c1ccccc1. The van der Waals surface area contributed by atoms with E-state index in [0.29, 0.717) is 0 Å². The molecule has 0 bridgehead atoms. The highest BCUT2D eigenvalue weighted by atomic mass is 28.1. The van der Waals surface area contributed by atoms with Gasteiger partial charge < -0.3 is 5.73 Å². The van der Waals surface area contributed by atoms with Gasteiger partial charge in [0.05, 0.1) is 0 Å². The van der Waals surface area contributed by atoms with Gasteiger partial charge >= 0.3 is 0 Å². The lowest BCUT2D eigenvalue weighted by Crippen LogP contribution is -2.34. The van der Waals surface area contributed by atoms with Gasteiger partial charge in [0, 0.05) is 15.4 Å². The Morgan fingerprint density at radius 1 is 1.33 bits per heavy atom. The molecule has 64 valence electrons. The molecule has 0 saturated heterocycles. The minimum absolute atomic E-state index is 0.198. The standard InChI is InChI=1S/C10H15NSi/c1-2-8-10(11,12)9-6-4-3-5-7-9/h2-8H,11H2,1,12H3. The Kier molecular flexibility index (Phi) is 2.84. The fourth-order valence-corrected chi connectivity index (χ4v) is 1.91. The molecule has 0 aromatic heterocycles. The van der Waals surface area contributed by atoms with E-state index in [-0.39, 0.29) is 5.16 Å². The molecule has 0 heterocycles. The number of hydrogen-bond donors (Lipinski definition) is 1. The first-order valence-corrected chi connectivity index (χ1v) is 5.15. The summed E-state index contributed by atoms with van der Waals surface area (Å²) in [5.74, 6) is 0. The van der Waals surface area contributed by atoms with Crippen molar-refractivity contribution in [1.29, 1.82) is 0 Å². The second kappa shape index (κ2) is 3.69. The summed E-state index contributed by atoms with van der Waals surface area (Å²) in [7, 11) is 0.936. The molecule has 1 nitrogen and oxygen atoms in total. The fraction of sp³-hybridized carbons (Fsp3) is 0.200. The average Bonchev–Trinajstić information content (AvgIpc) is 2.06. The Morgan fingerprint density at radius 3 is 2.42 bits per heavy atom. The van der Waals surface area contributed by atoms with Gasteiger partial charge in [-0.15, -0.1) is 0 Å². The van der Waals surface area contributed by atoms with Crippen LogP contribution >= 0.6 is 0 Å². The van der Waals surface area contributed by atoms with E-state index >= 15 is 0 Å². The van der Waals surface area contributed by atoms with E-state index in [9.17, 15) is 0 Å². The van der Waals surface area contributed by atoms with Crippen LogP contribution in [0.1, 0.15) is 12.5 Å². The zero-order valence-corrected chi connectivity index (χ0v) is 9.62. The summed E-state index contributed by atoms with van der Waals surface area (Å²) in [5, 5.41) is -0.198. The molecule has 1 aromatic carbocycles. The van der Waals surface area contributed by atoms with Crippen LogP contribution < -0.4 is 5.73 Å². The van der Waals surface area contributed by atoms with Gasteiger partial charge in [-0.05, 0) is 12.5 Å². The zero-order valence-electron chi connectivity index (χ0n) is 7.62. The maximum absolute atomic E-state index is 6.12. The summed E-state index contributed by atoms with van der Waals surface area (Å²) < 4.78 is 0. The first-order chi connectivity index (χ1) is 5.67. The van der Waals surface area contributed by atoms with Crippen molar-refractivity contribution < 1.29 is 0 Å². The Bertz CT molecular complexity index is 264. The van der Waals surface area contributed by atoms with Crippen LogP contribution in [0.25, 0.3) is 0 Å². The lowest BCUT2D eigenvalue weighted by atomic mass is 10.1. The van der Waals surface area contributed by atoms with Gasteiger partial charge in [-0.2, -0.15) is 0 Å². The van der Waals surface area contributed by atoms with Crippen molar-refractivity contribution >= 4 is 10.2 Å². The topological polar surface area (TPSA) is 26.0 Å². The lowest BCUT2D eigenvalue weighted by Gasteiger charge is -2.20. The van der Waals surface area contributed by atoms with Crippen LogP contribution in [0, 0.1) is 0 Å². The van der Waals surface area contributed by atoms with Crippen LogP contribution in [0.3, 0.4) is 0 Å². The molecule has 0 aliphatic rings. The van der Waals surface area contributed by atoms with Crippen LogP contribution in [-0.4, -0.2) is 10.2 Å². The molecule has 1 rings (SSSR count). The fourth-order valence-electron chi connectivity index (χ4n) is 1.24. The molecule has 12 heavy (non-hydrogen) atoms. The van der Waals surface area contributed by atoms with Crippen LogP contribution in [0.5, 0.6) is 0 Å². The molecule has 0 amide bonds. The van der Waals surface area contributed by atoms with Crippen molar-refractivity contribution in [3.8, 4) is 0 Å². The van der Waals surface area contributed by atoms with Crippen LogP contribution in [0.4, 0.5) is 0 Å². The summed E-state index contributed by atoms with van der Waals surface area (Å²) in [6, 6.07) is 10.2.